The Bertz CT molecular complexity index is 611. The Labute approximate surface area is 122 Å². The minimum Gasteiger partial charge on any atom is -0.392 e. The van der Waals surface area contributed by atoms with Gasteiger partial charge in [0.15, 0.2) is 0 Å². The molecule has 110 valence electrons. The second kappa shape index (κ2) is 6.07. The second-order valence-corrected chi connectivity index (χ2v) is 5.20. The van der Waals surface area contributed by atoms with E-state index in [1.54, 1.807) is 6.20 Å². The molecule has 0 radical (unpaired) electrons. The van der Waals surface area contributed by atoms with Crippen molar-refractivity contribution in [3.63, 3.8) is 0 Å². The molecule has 3 rings (SSSR count). The summed E-state index contributed by atoms with van der Waals surface area (Å²) in [4.78, 5) is 16.3. The maximum absolute atomic E-state index is 12.1. The number of β-amino-alcohol motifs (C(OH)–C–C–N with tert-alkyl or cyclic N) is 1. The number of aromatic nitrogens is 2. The Kier molecular flexibility index (Phi) is 3.98. The zero-order chi connectivity index (χ0) is 14.7. The van der Waals surface area contributed by atoms with Gasteiger partial charge in [-0.2, -0.15) is 0 Å². The topological polar surface area (TPSA) is 79.2 Å². The van der Waals surface area contributed by atoms with Gasteiger partial charge in [0.25, 0.3) is 0 Å². The van der Waals surface area contributed by atoms with Crippen LogP contribution in [0.4, 0.5) is 5.95 Å². The Morgan fingerprint density at radius 3 is 2.95 bits per heavy atom. The summed E-state index contributed by atoms with van der Waals surface area (Å²) in [6.45, 7) is 1.10. The highest BCUT2D eigenvalue weighted by Gasteiger charge is 2.28. The van der Waals surface area contributed by atoms with Crippen molar-refractivity contribution in [2.75, 3.05) is 11.9 Å². The first-order valence-electron chi connectivity index (χ1n) is 7.00. The summed E-state index contributed by atoms with van der Waals surface area (Å²) in [7, 11) is 0. The molecule has 1 aliphatic rings. The standard InChI is InChI=1S/C15H18N4O2/c20-12-8-13(17-9-12)14(21)18-15-16-6-7-19(15)10-11-4-2-1-3-5-11/h1-7,12-13,17,20H,8-10H2,(H,16,18,21)/t12-,13+/m0/s1. The molecule has 2 heterocycles. The minimum atomic E-state index is -0.454. The van der Waals surface area contributed by atoms with Crippen LogP contribution < -0.4 is 10.6 Å². The Hall–Kier alpha value is -2.18. The lowest BCUT2D eigenvalue weighted by Crippen LogP contribution is -2.36. The SMILES string of the molecule is O=C(Nc1nccn1Cc1ccccc1)[C@H]1C[C@H](O)CN1. The normalized spacial score (nSPS) is 21.4. The van der Waals surface area contributed by atoms with Crippen molar-refractivity contribution >= 4 is 11.9 Å². The molecule has 1 aromatic heterocycles. The number of aliphatic hydroxyl groups is 1. The second-order valence-electron chi connectivity index (χ2n) is 5.20. The smallest absolute Gasteiger partial charge is 0.243 e. The highest BCUT2D eigenvalue weighted by molar-refractivity contribution is 5.93. The molecule has 0 spiro atoms. The molecule has 0 saturated carbocycles. The van der Waals surface area contributed by atoms with Crippen LogP contribution in [0.1, 0.15) is 12.0 Å². The number of nitrogens with one attached hydrogen (secondary N) is 2. The lowest BCUT2D eigenvalue weighted by atomic mass is 10.2. The fourth-order valence-corrected chi connectivity index (χ4v) is 2.46. The van der Waals surface area contributed by atoms with Gasteiger partial charge in [0.1, 0.15) is 0 Å². The van der Waals surface area contributed by atoms with E-state index in [2.05, 4.69) is 15.6 Å². The number of imidazole rings is 1. The van der Waals surface area contributed by atoms with E-state index in [1.807, 2.05) is 41.1 Å². The van der Waals surface area contributed by atoms with Gasteiger partial charge in [-0.25, -0.2) is 4.98 Å². The van der Waals surface area contributed by atoms with Crippen LogP contribution >= 0.6 is 0 Å². The van der Waals surface area contributed by atoms with Crippen molar-refractivity contribution in [1.29, 1.82) is 0 Å². The van der Waals surface area contributed by atoms with E-state index in [0.717, 1.165) is 5.56 Å². The molecule has 1 aromatic carbocycles. The lowest BCUT2D eigenvalue weighted by Gasteiger charge is -2.12. The zero-order valence-electron chi connectivity index (χ0n) is 11.6. The quantitative estimate of drug-likeness (QED) is 0.769. The van der Waals surface area contributed by atoms with Gasteiger partial charge in [-0.05, 0) is 12.0 Å². The van der Waals surface area contributed by atoms with E-state index in [1.165, 1.54) is 0 Å². The third-order valence-corrected chi connectivity index (χ3v) is 3.57. The average Bonchev–Trinajstić information content (AvgIpc) is 3.10. The number of hydrogen-bond acceptors (Lipinski definition) is 4. The molecular weight excluding hydrogens is 268 g/mol. The first kappa shape index (κ1) is 13.8. The number of benzene rings is 1. The summed E-state index contributed by atoms with van der Waals surface area (Å²) in [5, 5.41) is 15.3. The summed E-state index contributed by atoms with van der Waals surface area (Å²) in [5.74, 6) is 0.360. The fraction of sp³-hybridized carbons (Fsp3) is 0.333. The van der Waals surface area contributed by atoms with Gasteiger partial charge in [0.2, 0.25) is 11.9 Å². The number of nitrogens with zero attached hydrogens (tertiary/aromatic N) is 2. The summed E-state index contributed by atoms with van der Waals surface area (Å²) < 4.78 is 1.89. The molecule has 3 N–H and O–H groups in total. The van der Waals surface area contributed by atoms with Crippen molar-refractivity contribution in [2.45, 2.75) is 25.1 Å². The highest BCUT2D eigenvalue weighted by Crippen LogP contribution is 2.12. The third-order valence-electron chi connectivity index (χ3n) is 3.57. The Balaban J connectivity index is 1.67. The Morgan fingerprint density at radius 2 is 2.24 bits per heavy atom. The molecule has 2 aromatic rings. The van der Waals surface area contributed by atoms with Crippen molar-refractivity contribution in [1.82, 2.24) is 14.9 Å². The van der Waals surface area contributed by atoms with Gasteiger partial charge < -0.3 is 15.0 Å². The van der Waals surface area contributed by atoms with E-state index in [4.69, 9.17) is 0 Å². The molecule has 21 heavy (non-hydrogen) atoms. The van der Waals surface area contributed by atoms with Crippen molar-refractivity contribution in [3.8, 4) is 0 Å². The summed E-state index contributed by atoms with van der Waals surface area (Å²) in [5.41, 5.74) is 1.14. The number of anilines is 1. The van der Waals surface area contributed by atoms with E-state index in [9.17, 15) is 9.90 Å². The average molecular weight is 286 g/mol. The number of carbonyl (C=O) groups excluding carboxylic acids is 1. The molecule has 6 heteroatoms. The number of aliphatic hydroxyl groups excluding tert-OH is 1. The predicted molar refractivity (Wildman–Crippen MR) is 78.8 cm³/mol. The monoisotopic (exact) mass is 286 g/mol. The molecule has 2 atom stereocenters. The van der Waals surface area contributed by atoms with Crippen molar-refractivity contribution < 1.29 is 9.90 Å². The fourth-order valence-electron chi connectivity index (χ4n) is 2.46. The van der Waals surface area contributed by atoms with Crippen molar-refractivity contribution in [2.24, 2.45) is 0 Å². The van der Waals surface area contributed by atoms with Crippen LogP contribution in [0, 0.1) is 0 Å². The first-order valence-corrected chi connectivity index (χ1v) is 7.00. The summed E-state index contributed by atoms with van der Waals surface area (Å²) in [6, 6.07) is 9.63. The van der Waals surface area contributed by atoms with Crippen LogP contribution in [0.2, 0.25) is 0 Å². The van der Waals surface area contributed by atoms with Gasteiger partial charge in [-0.15, -0.1) is 0 Å². The van der Waals surface area contributed by atoms with Crippen molar-refractivity contribution in [3.05, 3.63) is 48.3 Å². The Morgan fingerprint density at radius 1 is 1.43 bits per heavy atom. The van der Waals surface area contributed by atoms with E-state index >= 15 is 0 Å². The molecule has 1 saturated heterocycles. The molecule has 0 unspecified atom stereocenters. The molecule has 0 aliphatic carbocycles. The zero-order valence-corrected chi connectivity index (χ0v) is 11.6. The number of carbonyl (C=O) groups is 1. The predicted octanol–water partition coefficient (Wildman–Crippen LogP) is 0.593. The highest BCUT2D eigenvalue weighted by atomic mass is 16.3. The van der Waals surface area contributed by atoms with Gasteiger partial charge in [-0.1, -0.05) is 30.3 Å². The largest absolute Gasteiger partial charge is 0.392 e. The van der Waals surface area contributed by atoms with E-state index in [0.29, 0.717) is 25.5 Å². The van der Waals surface area contributed by atoms with Gasteiger partial charge in [0.05, 0.1) is 18.7 Å². The molecule has 0 bridgehead atoms. The first-order chi connectivity index (χ1) is 10.2. The minimum absolute atomic E-state index is 0.160. The number of rotatable bonds is 4. The lowest BCUT2D eigenvalue weighted by molar-refractivity contribution is -0.118. The van der Waals surface area contributed by atoms with Crippen LogP contribution in [0.3, 0.4) is 0 Å². The maximum atomic E-state index is 12.1. The number of hydrogen-bond donors (Lipinski definition) is 3. The van der Waals surface area contributed by atoms with E-state index < -0.39 is 6.10 Å². The van der Waals surface area contributed by atoms with Crippen LogP contribution in [0.25, 0.3) is 0 Å². The van der Waals surface area contributed by atoms with Crippen LogP contribution in [0.5, 0.6) is 0 Å². The maximum Gasteiger partial charge on any atom is 0.243 e. The van der Waals surface area contributed by atoms with E-state index in [-0.39, 0.29) is 11.9 Å². The van der Waals surface area contributed by atoms with Gasteiger partial charge in [0, 0.05) is 18.9 Å². The summed E-state index contributed by atoms with van der Waals surface area (Å²) >= 11 is 0. The van der Waals surface area contributed by atoms with Crippen LogP contribution in [0.15, 0.2) is 42.7 Å². The molecule has 1 fully saturated rings. The molecule has 1 aliphatic heterocycles. The third kappa shape index (κ3) is 3.29. The summed E-state index contributed by atoms with van der Waals surface area (Å²) in [6.07, 6.45) is 3.48. The molecule has 1 amide bonds. The van der Waals surface area contributed by atoms with Crippen LogP contribution in [-0.2, 0) is 11.3 Å². The van der Waals surface area contributed by atoms with Gasteiger partial charge in [-0.3, -0.25) is 10.1 Å². The number of amides is 1. The molecular formula is C15H18N4O2. The van der Waals surface area contributed by atoms with Crippen LogP contribution in [-0.4, -0.2) is 39.3 Å². The van der Waals surface area contributed by atoms with Gasteiger partial charge >= 0.3 is 0 Å². The molecule has 6 nitrogen and oxygen atoms in total.